The monoisotopic (exact) mass is 945 g/mol. The number of halogens is 6. The second kappa shape index (κ2) is 22.0. The van der Waals surface area contributed by atoms with Gasteiger partial charge in [-0.25, -0.2) is 13.2 Å². The molecule has 0 bridgehead atoms. The van der Waals surface area contributed by atoms with Crippen LogP contribution in [0.3, 0.4) is 0 Å². The molecular weight excluding hydrogens is 881 g/mol. The fraction of sp³-hybridized carbons (Fsp3) is 0.660. The van der Waals surface area contributed by atoms with E-state index in [0.29, 0.717) is 24.1 Å². The first-order chi connectivity index (χ1) is 30.6. The summed E-state index contributed by atoms with van der Waals surface area (Å²) in [6.45, 7) is 14.2. The van der Waals surface area contributed by atoms with Crippen LogP contribution in [0.2, 0.25) is 0 Å². The average molecular weight is 946 g/mol. The lowest BCUT2D eigenvalue weighted by Crippen LogP contribution is -2.60. The zero-order chi connectivity index (χ0) is 49.8. The number of esters is 2. The van der Waals surface area contributed by atoms with Crippen molar-refractivity contribution in [2.24, 2.45) is 33.9 Å². The number of benzene rings is 2. The number of aliphatic hydroxyl groups is 3. The molecule has 0 amide bonds. The van der Waals surface area contributed by atoms with E-state index in [0.717, 1.165) is 12.1 Å². The Bertz CT molecular complexity index is 2050. The largest absolute Gasteiger partial charge is 0.461 e. The van der Waals surface area contributed by atoms with Crippen molar-refractivity contribution in [3.8, 4) is 0 Å². The third kappa shape index (κ3) is 12.6. The summed E-state index contributed by atoms with van der Waals surface area (Å²) >= 11 is 0. The van der Waals surface area contributed by atoms with Crippen molar-refractivity contribution in [3.05, 3.63) is 70.5 Å². The number of carbonyl (C=O) groups excluding carboxylic acids is 2. The van der Waals surface area contributed by atoms with Gasteiger partial charge in [-0.15, -0.1) is 0 Å². The molecule has 2 aliphatic heterocycles. The molecule has 3 N–H and O–H groups in total. The molecule has 4 rings (SSSR count). The van der Waals surface area contributed by atoms with E-state index in [1.807, 2.05) is 4.90 Å². The van der Waals surface area contributed by atoms with Gasteiger partial charge in [0.25, 0.3) is 0 Å². The van der Waals surface area contributed by atoms with Crippen LogP contribution in [-0.4, -0.2) is 125 Å². The van der Waals surface area contributed by atoms with Gasteiger partial charge in [-0.1, -0.05) is 39.8 Å². The number of likely N-dealkylation sites (N-methyl/N-ethyl adjacent to an activating group) is 1. The molecule has 19 heteroatoms. The maximum Gasteiger partial charge on any atom is 0.416 e. The first-order valence-electron chi connectivity index (χ1n) is 22.0. The van der Waals surface area contributed by atoms with Crippen LogP contribution in [0.5, 0.6) is 0 Å². The van der Waals surface area contributed by atoms with Crippen LogP contribution in [0, 0.1) is 41.1 Å². The lowest BCUT2D eigenvalue weighted by molar-refractivity contribution is -0.301. The highest BCUT2D eigenvalue weighted by atomic mass is 19.4. The summed E-state index contributed by atoms with van der Waals surface area (Å²) in [6.07, 6.45) is -13.9. The van der Waals surface area contributed by atoms with E-state index in [1.165, 1.54) is 40.0 Å². The average Bonchev–Trinajstić information content (AvgIpc) is 3.24. The number of nitrogens with zero attached hydrogens (tertiary/aromatic N) is 3. The fourth-order valence-corrected chi connectivity index (χ4v) is 9.12. The van der Waals surface area contributed by atoms with Gasteiger partial charge in [0.05, 0.1) is 47.5 Å². The molecule has 2 aromatic carbocycles. The number of aliphatic hydroxyl groups excluding tert-OH is 2. The van der Waals surface area contributed by atoms with Crippen molar-refractivity contribution >= 4 is 23.4 Å². The molecule has 0 saturated carbocycles. The third-order valence-electron chi connectivity index (χ3n) is 13.2. The number of alkyl halides is 3. The Hall–Kier alpha value is -3.98. The summed E-state index contributed by atoms with van der Waals surface area (Å²) in [7, 11) is 4.95. The normalized spacial score (nSPS) is 35.1. The molecular formula is C47H65F6N3O10. The molecule has 66 heavy (non-hydrogen) atoms. The van der Waals surface area contributed by atoms with E-state index in [1.54, 1.807) is 55.6 Å². The predicted molar refractivity (Wildman–Crippen MR) is 232 cm³/mol. The van der Waals surface area contributed by atoms with Crippen LogP contribution < -0.4 is 0 Å². The molecule has 0 aromatic heterocycles. The van der Waals surface area contributed by atoms with Crippen LogP contribution in [0.25, 0.3) is 0 Å². The van der Waals surface area contributed by atoms with E-state index in [-0.39, 0.29) is 24.3 Å². The van der Waals surface area contributed by atoms with Gasteiger partial charge in [-0.05, 0) is 97.7 Å². The van der Waals surface area contributed by atoms with Gasteiger partial charge >= 0.3 is 18.1 Å². The molecule has 2 fully saturated rings. The van der Waals surface area contributed by atoms with Gasteiger partial charge < -0.3 is 43.9 Å². The van der Waals surface area contributed by atoms with Crippen molar-refractivity contribution in [1.29, 1.82) is 0 Å². The lowest BCUT2D eigenvalue weighted by Gasteiger charge is -2.48. The second-order valence-electron chi connectivity index (χ2n) is 18.5. The number of ether oxygens (including phenoxy) is 5. The molecule has 0 radical (unpaired) electrons. The molecule has 370 valence electrons. The van der Waals surface area contributed by atoms with Crippen LogP contribution in [0.15, 0.2) is 46.6 Å². The minimum Gasteiger partial charge on any atom is -0.461 e. The zero-order valence-corrected chi connectivity index (χ0v) is 39.5. The fourth-order valence-electron chi connectivity index (χ4n) is 9.12. The van der Waals surface area contributed by atoms with Gasteiger partial charge in [0, 0.05) is 42.3 Å². The van der Waals surface area contributed by atoms with Crippen LogP contribution in [0.1, 0.15) is 98.3 Å². The van der Waals surface area contributed by atoms with Gasteiger partial charge in [-0.3, -0.25) is 9.59 Å². The number of methoxy groups -OCH3 is 1. The Kier molecular flexibility index (Phi) is 18.2. The standard InChI is InChI=1S/C47H65F6N3O10/c1-13-36-46(9,61)41(59)25(4)38(55-54-28(7)29-14-16-31(17-15-29)47(51,52)53)23(2)22-45(8,62-12)42(66-44-39(58)35(56(10)11)18-24(3)63-44)26(5)40(27(6)43(60)64-36)65-37(57)20-30-19-33(49)34(50)21-32(30)48/h14-17,19,21,23-27,35-36,39-42,44,58-59,61H,13,18,20,22H2,1-12H3. The van der Waals surface area contributed by atoms with Crippen LogP contribution in [-0.2, 0) is 45.9 Å². The van der Waals surface area contributed by atoms with E-state index in [9.17, 15) is 51.3 Å². The summed E-state index contributed by atoms with van der Waals surface area (Å²) < 4.78 is 114. The smallest absolute Gasteiger partial charge is 0.416 e. The van der Waals surface area contributed by atoms with Gasteiger partial charge in [0.1, 0.15) is 29.7 Å². The first kappa shape index (κ1) is 54.6. The molecule has 2 saturated heterocycles. The quantitative estimate of drug-likeness (QED) is 0.0735. The third-order valence-corrected chi connectivity index (χ3v) is 13.2. The highest BCUT2D eigenvalue weighted by molar-refractivity contribution is 5.99. The summed E-state index contributed by atoms with van der Waals surface area (Å²) in [6, 6.07) is 4.68. The van der Waals surface area contributed by atoms with Crippen LogP contribution in [0.4, 0.5) is 26.3 Å². The summed E-state index contributed by atoms with van der Waals surface area (Å²) in [5.74, 6) is -10.5. The predicted octanol–water partition coefficient (Wildman–Crippen LogP) is 7.04. The number of carbonyl (C=O) groups is 2. The molecule has 2 aliphatic rings. The topological polar surface area (TPSA) is 169 Å². The first-order valence-corrected chi connectivity index (χ1v) is 22.0. The minimum atomic E-state index is -4.57. The Labute approximate surface area is 382 Å². The molecule has 14 atom stereocenters. The van der Waals surface area contributed by atoms with Crippen molar-refractivity contribution < 1.29 is 74.9 Å². The van der Waals surface area contributed by atoms with Gasteiger partial charge in [-0.2, -0.15) is 23.4 Å². The van der Waals surface area contributed by atoms with Gasteiger partial charge in [0.2, 0.25) is 0 Å². The van der Waals surface area contributed by atoms with Crippen LogP contribution >= 0.6 is 0 Å². The maximum absolute atomic E-state index is 14.8. The second-order valence-corrected chi connectivity index (χ2v) is 18.5. The van der Waals surface area contributed by atoms with Crippen molar-refractivity contribution in [2.45, 2.75) is 154 Å². The zero-order valence-electron chi connectivity index (χ0n) is 39.5. The Balaban J connectivity index is 1.93. The summed E-state index contributed by atoms with van der Waals surface area (Å²) in [4.78, 5) is 29.9. The molecule has 2 aromatic rings. The lowest BCUT2D eigenvalue weighted by atomic mass is 9.73. The van der Waals surface area contributed by atoms with E-state index in [4.69, 9.17) is 23.7 Å². The Morgan fingerprint density at radius 3 is 2.14 bits per heavy atom. The Morgan fingerprint density at radius 1 is 0.970 bits per heavy atom. The molecule has 2 heterocycles. The van der Waals surface area contributed by atoms with Gasteiger partial charge in [0.15, 0.2) is 17.9 Å². The number of hydrogen-bond acceptors (Lipinski definition) is 13. The highest BCUT2D eigenvalue weighted by Gasteiger charge is 2.53. The molecule has 14 unspecified atom stereocenters. The minimum absolute atomic E-state index is 0.0204. The number of hydrogen-bond donors (Lipinski definition) is 3. The van der Waals surface area contributed by atoms with Crippen molar-refractivity contribution in [1.82, 2.24) is 4.90 Å². The van der Waals surface area contributed by atoms with Crippen molar-refractivity contribution in [2.75, 3.05) is 21.2 Å². The van der Waals surface area contributed by atoms with E-state index >= 15 is 0 Å². The number of rotatable bonds is 10. The van der Waals surface area contributed by atoms with E-state index in [2.05, 4.69) is 10.2 Å². The summed E-state index contributed by atoms with van der Waals surface area (Å²) in [5, 5.41) is 44.7. The molecule has 0 aliphatic carbocycles. The Morgan fingerprint density at radius 2 is 1.58 bits per heavy atom. The van der Waals surface area contributed by atoms with Crippen molar-refractivity contribution in [3.63, 3.8) is 0 Å². The SMILES string of the molecule is CCC1OC(=O)C(C)C(OC(=O)Cc2cc(F)c(F)cc2F)C(C)C(OC2OC(C)CC(N(C)C)C2O)C(C)(OC)CC(C)C(=NN=C(C)c2ccc(C(F)(F)F)cc2)C(C)C(O)C1(C)O. The molecule has 13 nitrogen and oxygen atoms in total. The molecule has 0 spiro atoms. The number of cyclic esters (lactones) is 1. The summed E-state index contributed by atoms with van der Waals surface area (Å²) in [5.41, 5.74) is -4.32. The maximum atomic E-state index is 14.8. The highest BCUT2D eigenvalue weighted by Crippen LogP contribution is 2.41. The van der Waals surface area contributed by atoms with E-state index < -0.39 is 137 Å².